The Morgan fingerprint density at radius 2 is 0.826 bits per heavy atom. The van der Waals surface area contributed by atoms with Crippen molar-refractivity contribution in [2.75, 3.05) is 33.0 Å². The quantitative estimate of drug-likeness (QED) is 0.00832. The number of aliphatic hydroxyl groups is 19. The number of phenolic OH excluding ortho intramolecular Hbond substituents is 2. The maximum atomic E-state index is 13.1. The summed E-state index contributed by atoms with van der Waals surface area (Å²) in [4.78, 5) is 61.9. The second-order valence-corrected chi connectivity index (χ2v) is 26.9. The normalized spacial score (nSPS) is 33.5. The summed E-state index contributed by atoms with van der Waals surface area (Å²) in [6.45, 7) is -3.64. The lowest BCUT2D eigenvalue weighted by Crippen LogP contribution is -2.60. The number of rotatable bonds is 28. The molecule has 0 spiro atoms. The predicted molar refractivity (Wildman–Crippen MR) is 377 cm³/mol. The second-order valence-electron chi connectivity index (χ2n) is 26.9. The molecule has 6 aliphatic heterocycles. The molecule has 40 nitrogen and oxygen atoms in total. The third kappa shape index (κ3) is 21.2. The van der Waals surface area contributed by atoms with E-state index in [9.17, 15) is 121 Å². The number of aromatic hydroxyl groups is 2. The molecule has 5 fully saturated rings. The first kappa shape index (κ1) is 85.8. The lowest BCUT2D eigenvalue weighted by atomic mass is 9.97. The van der Waals surface area contributed by atoms with Crippen molar-refractivity contribution in [2.45, 2.75) is 166 Å². The van der Waals surface area contributed by atoms with Gasteiger partial charge >= 0.3 is 29.8 Å². The summed E-state index contributed by atoms with van der Waals surface area (Å²) in [6.07, 6.45) is -36.6. The van der Waals surface area contributed by atoms with Crippen molar-refractivity contribution in [3.63, 3.8) is 0 Å². The molecule has 4 aromatic carbocycles. The molecule has 0 bridgehead atoms. The maximum Gasteiger partial charge on any atom is 0.330 e. The van der Waals surface area contributed by atoms with Crippen molar-refractivity contribution in [1.82, 2.24) is 0 Å². The van der Waals surface area contributed by atoms with Crippen molar-refractivity contribution in [3.8, 4) is 28.7 Å². The van der Waals surface area contributed by atoms with Crippen LogP contribution in [-0.2, 0) is 76.1 Å². The zero-order chi connectivity index (χ0) is 82.8. The minimum Gasteiger partial charge on any atom is -0.508 e. The van der Waals surface area contributed by atoms with Crippen LogP contribution in [0.25, 0.3) is 24.0 Å². The van der Waals surface area contributed by atoms with E-state index in [0.717, 1.165) is 42.5 Å². The van der Waals surface area contributed by atoms with Crippen LogP contribution in [0.5, 0.6) is 28.7 Å². The lowest BCUT2D eigenvalue weighted by Gasteiger charge is -2.40. The van der Waals surface area contributed by atoms with Gasteiger partial charge in [0.15, 0.2) is 29.1 Å². The van der Waals surface area contributed by atoms with Crippen molar-refractivity contribution in [1.29, 1.82) is 0 Å². The zero-order valence-electron chi connectivity index (χ0n) is 59.8. The molecule has 40 heteroatoms. The molecule has 1 unspecified atom stereocenters. The molecule has 0 aromatic heterocycles. The minimum atomic E-state index is -2.13. The molecule has 6 heterocycles. The van der Waals surface area contributed by atoms with Crippen LogP contribution in [0.4, 0.5) is 0 Å². The highest BCUT2D eigenvalue weighted by Gasteiger charge is 2.52. The van der Waals surface area contributed by atoms with Crippen molar-refractivity contribution < 1.29 is 197 Å². The van der Waals surface area contributed by atoms with Gasteiger partial charge in [-0.3, -0.25) is 9.59 Å². The molecule has 7 aliphatic rings. The number of carboxylic acids is 1. The fourth-order valence-corrected chi connectivity index (χ4v) is 12.3. The summed E-state index contributed by atoms with van der Waals surface area (Å²) in [5.74, 6) is -8.57. The highest BCUT2D eigenvalue weighted by atomic mass is 16.7. The number of benzene rings is 4. The van der Waals surface area contributed by atoms with E-state index < -0.39 is 258 Å². The number of esters is 4. The molecule has 26 atom stereocenters. The molecule has 11 rings (SSSR count). The first-order valence-electron chi connectivity index (χ1n) is 35.3. The number of ether oxygens (including phenoxy) is 15. The van der Waals surface area contributed by atoms with E-state index in [-0.39, 0.29) is 34.1 Å². The SMILES string of the molecule is O=C(O)CC(=O)OC[C@H]1O[C@@H](OC2=C(c3ccc(O)c(O[C@@H]4O[C@H](COC(=O)/C=C/c5ccc(O[C@@H]6O[C@H](COC(=O)/C=C/c7ccc(O[C@@H]8O[C@H](CO)[C@@H](O)[C@H](O)[C@H]8O)cc7)[C@@H](O)[C@H](O)[C@H]6O)cc5)[C@@H](O)[C@H](O)[C@H]4O)c3)OC3=CC([OH+][C@@H]4O[C@H](COC(=O)C=Cc5ccc(O)cc5)[C@@H](O)[C@H](O)[C@H]4O)C=C(O)C3=C2)[C@H](O)[C@@H](O)[C@@H]1O. The molecule has 622 valence electrons. The second kappa shape index (κ2) is 38.1. The number of hydrogen-bond donors (Lipinski definition) is 20. The molecule has 4 aromatic rings. The third-order valence-electron chi connectivity index (χ3n) is 18.7. The van der Waals surface area contributed by atoms with Crippen molar-refractivity contribution in [3.05, 3.63) is 173 Å². The monoisotopic (exact) mass is 1620 g/mol. The molecule has 0 amide bonds. The van der Waals surface area contributed by atoms with Crippen molar-refractivity contribution >= 4 is 53.8 Å². The number of fused-ring (bicyclic) bond motifs is 1. The summed E-state index contributed by atoms with van der Waals surface area (Å²) in [5, 5.41) is 213. The summed E-state index contributed by atoms with van der Waals surface area (Å²) < 4.78 is 83.1. The average molecular weight is 1620 g/mol. The molecular weight excluding hydrogens is 1540 g/mol. The fourth-order valence-electron chi connectivity index (χ4n) is 12.3. The Labute approximate surface area is 649 Å². The van der Waals surface area contributed by atoms with Crippen LogP contribution in [0.15, 0.2) is 150 Å². The first-order chi connectivity index (χ1) is 54.8. The van der Waals surface area contributed by atoms with Crippen LogP contribution in [-0.4, -0.2) is 329 Å². The topological polar surface area (TPSA) is 632 Å². The predicted octanol–water partition coefficient (Wildman–Crippen LogP) is -5.07. The summed E-state index contributed by atoms with van der Waals surface area (Å²) >= 11 is 0. The van der Waals surface area contributed by atoms with E-state index in [1.165, 1.54) is 103 Å². The first-order valence-corrected chi connectivity index (χ1v) is 35.3. The van der Waals surface area contributed by atoms with E-state index in [2.05, 4.69) is 4.74 Å². The summed E-state index contributed by atoms with van der Waals surface area (Å²) in [6, 6.07) is 20.6. The summed E-state index contributed by atoms with van der Waals surface area (Å²) in [5.41, 5.74) is 0.958. The van der Waals surface area contributed by atoms with Gasteiger partial charge in [0.2, 0.25) is 31.3 Å². The largest absolute Gasteiger partial charge is 0.508 e. The molecule has 5 saturated heterocycles. The molecule has 0 saturated carbocycles. The highest BCUT2D eigenvalue weighted by molar-refractivity contribution is 5.90. The Morgan fingerprint density at radius 1 is 0.426 bits per heavy atom. The van der Waals surface area contributed by atoms with Gasteiger partial charge in [0.25, 0.3) is 6.29 Å². The average Bonchev–Trinajstić information content (AvgIpc) is 0.764. The lowest BCUT2D eigenvalue weighted by molar-refractivity contribution is -0.354. The van der Waals surface area contributed by atoms with Gasteiger partial charge in [0.05, 0.1) is 12.2 Å². The van der Waals surface area contributed by atoms with Gasteiger partial charge in [0, 0.05) is 35.9 Å². The molecule has 0 radical (unpaired) electrons. The van der Waals surface area contributed by atoms with Crippen LogP contribution in [0.3, 0.4) is 0 Å². The number of carbonyl (C=O) groups excluding carboxylic acids is 4. The van der Waals surface area contributed by atoms with Gasteiger partial charge in [-0.15, -0.1) is 0 Å². The van der Waals surface area contributed by atoms with E-state index in [4.69, 9.17) is 71.4 Å². The number of phenols is 2. The van der Waals surface area contributed by atoms with Gasteiger partial charge in [-0.05, 0) is 95.6 Å². The van der Waals surface area contributed by atoms with E-state index >= 15 is 0 Å². The molecule has 21 N–H and O–H groups in total. The number of hydrogen-bond acceptors (Lipinski definition) is 38. The van der Waals surface area contributed by atoms with Crippen LogP contribution in [0.1, 0.15) is 28.7 Å². The van der Waals surface area contributed by atoms with Crippen LogP contribution in [0, 0.1) is 0 Å². The third-order valence-corrected chi connectivity index (χ3v) is 18.7. The van der Waals surface area contributed by atoms with Crippen LogP contribution >= 0.6 is 0 Å². The van der Waals surface area contributed by atoms with E-state index in [1.54, 1.807) is 0 Å². The minimum absolute atomic E-state index is 0.0179. The zero-order valence-corrected chi connectivity index (χ0v) is 59.8. The van der Waals surface area contributed by atoms with Gasteiger partial charge in [-0.2, -0.15) is 0 Å². The Kier molecular flexibility index (Phi) is 28.5. The fraction of sp³-hybridized carbons (Fsp3) is 0.427. The van der Waals surface area contributed by atoms with E-state index in [0.29, 0.717) is 16.7 Å². The number of carboxylic acid groups (broad SMARTS) is 1. The van der Waals surface area contributed by atoms with E-state index in [1.807, 2.05) is 0 Å². The van der Waals surface area contributed by atoms with Gasteiger partial charge in [-0.1, -0.05) is 36.4 Å². The Balaban J connectivity index is 0.719. The number of aliphatic carboxylic acids is 1. The van der Waals surface area contributed by atoms with Crippen LogP contribution < -0.4 is 14.2 Å². The van der Waals surface area contributed by atoms with Gasteiger partial charge in [0.1, 0.15) is 178 Å². The molecule has 115 heavy (non-hydrogen) atoms. The number of allylic oxidation sites excluding steroid dienone is 1. The Morgan fingerprint density at radius 3 is 1.28 bits per heavy atom. The smallest absolute Gasteiger partial charge is 0.330 e. The van der Waals surface area contributed by atoms with Gasteiger partial charge < -0.3 is 173 Å². The Bertz CT molecular complexity index is 4270. The standard InChI is InChI=1S/C75H82O40/c76-26-45-55(86)60(91)65(96)71(111-45)105-36-13-3-32(4-14-36)8-19-52(83)101-27-46-56(87)61(92)66(97)72(112-46)106-37-15-5-33(6-16-37)9-20-53(84)103-29-48-58(89)63(94)68(99)74(114-48)109-43-21-34(10-17-40(43)78)70-44(110-75-69(100)64(95)59(90)49(115-75)30-104-54(85)25-50(80)81)24-39-41(79)22-38(23-42(39)108-70)107-73-67(98)62(93)57(88)47(113-73)28-102-51(82)18-7-31-1-11-35(77)12-2-31/h1-24,38,45-49,55-69,71-79,86-100H,25-30H2,(H,80,81)/p+1/b18-7?,19-8+,20-9+/t38?,45-,46-,47-,48-,49-,55-,56-,57-,58-,59-,60+,61+,62+,63+,64+,65-,66-,67-,68-,69-,71-,72-,73-,74-,75-/m1/s1. The van der Waals surface area contributed by atoms with Gasteiger partial charge in [-0.25, -0.2) is 14.4 Å². The maximum absolute atomic E-state index is 13.1. The molecular formula is C75H83O40+. The Hall–Kier alpha value is -10.1. The van der Waals surface area contributed by atoms with Crippen LogP contribution in [0.2, 0.25) is 0 Å². The summed E-state index contributed by atoms with van der Waals surface area (Å²) in [7, 11) is 0. The number of aliphatic hydroxyl groups excluding tert-OH is 17. The molecule has 1 aliphatic carbocycles. The highest BCUT2D eigenvalue weighted by Crippen LogP contribution is 2.43. The van der Waals surface area contributed by atoms with Crippen molar-refractivity contribution in [2.24, 2.45) is 0 Å². The number of carbonyl (C=O) groups is 5.